The molecule has 0 aliphatic carbocycles. The fraction of sp³-hybridized carbons (Fsp3) is 0. The molecule has 0 aliphatic rings. The zero-order valence-corrected chi connectivity index (χ0v) is 18.8. The summed E-state index contributed by atoms with van der Waals surface area (Å²) in [6.07, 6.45) is 0. The summed E-state index contributed by atoms with van der Waals surface area (Å²) in [5, 5.41) is 15.8. The number of hydrogen-bond acceptors (Lipinski definition) is 3. The van der Waals surface area contributed by atoms with Crippen molar-refractivity contribution in [1.29, 1.82) is 0 Å². The molecule has 0 spiro atoms. The molecule has 0 saturated carbocycles. The first-order valence-corrected chi connectivity index (χ1v) is 11.7. The van der Waals surface area contributed by atoms with Crippen LogP contribution in [0.4, 0.5) is 0 Å². The number of aromatic nitrogens is 2. The van der Waals surface area contributed by atoms with E-state index in [0.29, 0.717) is 11.8 Å². The van der Waals surface area contributed by atoms with Crippen LogP contribution in [0.25, 0.3) is 66.4 Å². The van der Waals surface area contributed by atoms with Gasteiger partial charge in [-0.25, -0.2) is 0 Å². The van der Waals surface area contributed by atoms with E-state index in [1.807, 2.05) is 18.2 Å². The summed E-state index contributed by atoms with van der Waals surface area (Å²) in [4.78, 5) is 0. The standard InChI is InChI=1S/C32H20N2O/c1-2-11-22(12-3-1)29-25-14-6-8-16-27(25)30(28-17-9-7-15-26(28)29)32-34-33-31(35-32)24-19-18-21-10-4-5-13-23(21)20-24/h1-20H. The molecule has 35 heavy (non-hydrogen) atoms. The summed E-state index contributed by atoms with van der Waals surface area (Å²) >= 11 is 0. The van der Waals surface area contributed by atoms with Crippen molar-refractivity contribution in [3.05, 3.63) is 121 Å². The second-order valence-electron chi connectivity index (χ2n) is 8.68. The van der Waals surface area contributed by atoms with Crippen LogP contribution in [-0.2, 0) is 0 Å². The van der Waals surface area contributed by atoms with Gasteiger partial charge in [-0.2, -0.15) is 0 Å². The average Bonchev–Trinajstić information content (AvgIpc) is 3.41. The highest BCUT2D eigenvalue weighted by Crippen LogP contribution is 2.43. The highest BCUT2D eigenvalue weighted by molar-refractivity contribution is 6.20. The Bertz CT molecular complexity index is 1790. The van der Waals surface area contributed by atoms with Crippen molar-refractivity contribution in [2.45, 2.75) is 0 Å². The number of fused-ring (bicyclic) bond motifs is 3. The molecule has 164 valence electrons. The molecule has 0 saturated heterocycles. The van der Waals surface area contributed by atoms with Gasteiger partial charge in [0.05, 0.1) is 5.56 Å². The van der Waals surface area contributed by atoms with Gasteiger partial charge in [0, 0.05) is 5.56 Å². The van der Waals surface area contributed by atoms with Crippen LogP contribution in [0.2, 0.25) is 0 Å². The molecule has 6 aromatic carbocycles. The SMILES string of the molecule is c1ccc(-c2c3ccccc3c(-c3nnc(-c4ccc5ccccc5c4)o3)c3ccccc23)cc1. The van der Waals surface area contributed by atoms with Crippen LogP contribution in [0.5, 0.6) is 0 Å². The van der Waals surface area contributed by atoms with Crippen molar-refractivity contribution in [2.24, 2.45) is 0 Å². The van der Waals surface area contributed by atoms with E-state index in [-0.39, 0.29) is 0 Å². The summed E-state index contributed by atoms with van der Waals surface area (Å²) in [6, 6.07) is 42.0. The Morgan fingerprint density at radius 3 is 1.63 bits per heavy atom. The molecule has 0 aliphatic heterocycles. The topological polar surface area (TPSA) is 38.9 Å². The van der Waals surface area contributed by atoms with Crippen molar-refractivity contribution in [1.82, 2.24) is 10.2 Å². The molecule has 3 heteroatoms. The third-order valence-corrected chi connectivity index (χ3v) is 6.63. The van der Waals surface area contributed by atoms with Crippen molar-refractivity contribution in [2.75, 3.05) is 0 Å². The third-order valence-electron chi connectivity index (χ3n) is 6.63. The molecular formula is C32H20N2O. The van der Waals surface area contributed by atoms with Gasteiger partial charge in [0.1, 0.15) is 0 Å². The van der Waals surface area contributed by atoms with E-state index >= 15 is 0 Å². The van der Waals surface area contributed by atoms with E-state index in [2.05, 4.69) is 113 Å². The van der Waals surface area contributed by atoms with Crippen molar-refractivity contribution in [3.63, 3.8) is 0 Å². The Labute approximate surface area is 202 Å². The van der Waals surface area contributed by atoms with E-state index < -0.39 is 0 Å². The van der Waals surface area contributed by atoms with Crippen molar-refractivity contribution >= 4 is 32.3 Å². The fourth-order valence-electron chi connectivity index (χ4n) is 5.04. The summed E-state index contributed by atoms with van der Waals surface area (Å²) in [5.41, 5.74) is 4.29. The monoisotopic (exact) mass is 448 g/mol. The second-order valence-corrected chi connectivity index (χ2v) is 8.68. The Hall–Kier alpha value is -4.76. The molecule has 0 atom stereocenters. The highest BCUT2D eigenvalue weighted by atomic mass is 16.4. The highest BCUT2D eigenvalue weighted by Gasteiger charge is 2.20. The molecule has 1 heterocycles. The molecule has 1 aromatic heterocycles. The van der Waals surface area contributed by atoms with Gasteiger partial charge in [-0.1, -0.05) is 109 Å². The number of nitrogens with zero attached hydrogens (tertiary/aromatic N) is 2. The average molecular weight is 449 g/mol. The third kappa shape index (κ3) is 3.21. The summed E-state index contributed by atoms with van der Waals surface area (Å²) in [5.74, 6) is 1.05. The largest absolute Gasteiger partial charge is 0.416 e. The molecule has 0 unspecified atom stereocenters. The molecular weight excluding hydrogens is 428 g/mol. The van der Waals surface area contributed by atoms with Gasteiger partial charge >= 0.3 is 0 Å². The molecule has 0 fully saturated rings. The van der Waals surface area contributed by atoms with Crippen LogP contribution in [0.3, 0.4) is 0 Å². The molecule has 0 bridgehead atoms. The number of benzene rings is 6. The predicted molar refractivity (Wildman–Crippen MR) is 143 cm³/mol. The maximum atomic E-state index is 6.34. The molecule has 3 nitrogen and oxygen atoms in total. The maximum Gasteiger partial charge on any atom is 0.249 e. The first-order chi connectivity index (χ1) is 17.4. The van der Waals surface area contributed by atoms with Gasteiger partial charge in [0.15, 0.2) is 0 Å². The Balaban J connectivity index is 1.49. The predicted octanol–water partition coefficient (Wildman–Crippen LogP) is 8.53. The summed E-state index contributed by atoms with van der Waals surface area (Å²) in [6.45, 7) is 0. The lowest BCUT2D eigenvalue weighted by atomic mass is 9.88. The second kappa shape index (κ2) is 7.93. The van der Waals surface area contributed by atoms with E-state index in [1.54, 1.807) is 0 Å². The van der Waals surface area contributed by atoms with Crippen LogP contribution in [0.15, 0.2) is 126 Å². The zero-order valence-electron chi connectivity index (χ0n) is 18.8. The van der Waals surface area contributed by atoms with E-state index in [9.17, 15) is 0 Å². The van der Waals surface area contributed by atoms with Gasteiger partial charge in [0.2, 0.25) is 11.8 Å². The molecule has 7 aromatic rings. The van der Waals surface area contributed by atoms with Crippen LogP contribution in [0, 0.1) is 0 Å². The lowest BCUT2D eigenvalue weighted by Gasteiger charge is -2.15. The van der Waals surface area contributed by atoms with E-state index in [4.69, 9.17) is 4.42 Å². The molecule has 0 radical (unpaired) electrons. The van der Waals surface area contributed by atoms with Crippen LogP contribution in [0.1, 0.15) is 0 Å². The molecule has 0 amide bonds. The molecule has 7 rings (SSSR count). The minimum Gasteiger partial charge on any atom is -0.416 e. The van der Waals surface area contributed by atoms with Gasteiger partial charge in [-0.15, -0.1) is 10.2 Å². The zero-order chi connectivity index (χ0) is 23.2. The Morgan fingerprint density at radius 1 is 0.400 bits per heavy atom. The molecule has 0 N–H and O–H groups in total. The summed E-state index contributed by atoms with van der Waals surface area (Å²) < 4.78 is 6.34. The minimum absolute atomic E-state index is 0.519. The lowest BCUT2D eigenvalue weighted by molar-refractivity contribution is 0.586. The summed E-state index contributed by atoms with van der Waals surface area (Å²) in [7, 11) is 0. The maximum absolute atomic E-state index is 6.34. The number of rotatable bonds is 3. The van der Waals surface area contributed by atoms with Gasteiger partial charge < -0.3 is 4.42 Å². The Morgan fingerprint density at radius 2 is 0.943 bits per heavy atom. The van der Waals surface area contributed by atoms with Gasteiger partial charge in [-0.3, -0.25) is 0 Å². The first-order valence-electron chi connectivity index (χ1n) is 11.7. The first kappa shape index (κ1) is 19.7. The van der Waals surface area contributed by atoms with Crippen LogP contribution < -0.4 is 0 Å². The van der Waals surface area contributed by atoms with Gasteiger partial charge in [-0.05, 0) is 55.6 Å². The van der Waals surface area contributed by atoms with Gasteiger partial charge in [0.25, 0.3) is 0 Å². The van der Waals surface area contributed by atoms with E-state index in [1.165, 1.54) is 16.5 Å². The van der Waals surface area contributed by atoms with Crippen molar-refractivity contribution < 1.29 is 4.42 Å². The quantitative estimate of drug-likeness (QED) is 0.254. The van der Waals surface area contributed by atoms with E-state index in [0.717, 1.165) is 38.1 Å². The smallest absolute Gasteiger partial charge is 0.249 e. The number of hydrogen-bond donors (Lipinski definition) is 0. The normalized spacial score (nSPS) is 11.4. The van der Waals surface area contributed by atoms with Crippen LogP contribution in [-0.4, -0.2) is 10.2 Å². The fourth-order valence-corrected chi connectivity index (χ4v) is 5.04. The minimum atomic E-state index is 0.519. The Kier molecular flexibility index (Phi) is 4.46. The van der Waals surface area contributed by atoms with Crippen molar-refractivity contribution in [3.8, 4) is 34.0 Å². The van der Waals surface area contributed by atoms with Crippen LogP contribution >= 0.6 is 0 Å². The lowest BCUT2D eigenvalue weighted by Crippen LogP contribution is -1.90.